The van der Waals surface area contributed by atoms with E-state index in [1.54, 1.807) is 11.3 Å². The van der Waals surface area contributed by atoms with Gasteiger partial charge in [-0.2, -0.15) is 0 Å². The van der Waals surface area contributed by atoms with Gasteiger partial charge in [0.05, 0.1) is 17.5 Å². The van der Waals surface area contributed by atoms with Gasteiger partial charge < -0.3 is 10.4 Å². The molecule has 0 aliphatic heterocycles. The van der Waals surface area contributed by atoms with Crippen LogP contribution in [-0.4, -0.2) is 27.1 Å². The van der Waals surface area contributed by atoms with Gasteiger partial charge in [0.1, 0.15) is 0 Å². The fraction of sp³-hybridized carbons (Fsp3) is 0.722. The normalized spacial score (nSPS) is 25.3. The van der Waals surface area contributed by atoms with Gasteiger partial charge in [0.25, 0.3) is 0 Å². The molecule has 2 aromatic rings. The van der Waals surface area contributed by atoms with Crippen LogP contribution >= 0.6 is 11.3 Å². The summed E-state index contributed by atoms with van der Waals surface area (Å²) in [5.74, 6) is 1.24. The predicted molar refractivity (Wildman–Crippen MR) is 93.9 cm³/mol. The molecule has 2 aliphatic rings. The molecule has 4 nitrogen and oxygen atoms in total. The van der Waals surface area contributed by atoms with E-state index < -0.39 is 0 Å². The Kier molecular flexibility index (Phi) is 4.69. The highest BCUT2D eigenvalue weighted by Crippen LogP contribution is 2.41. The first kappa shape index (κ1) is 15.6. The second-order valence-corrected chi connectivity index (χ2v) is 8.08. The number of nitrogens with one attached hydrogen (secondary N) is 1. The molecule has 23 heavy (non-hydrogen) atoms. The van der Waals surface area contributed by atoms with Crippen LogP contribution in [0, 0.1) is 5.92 Å². The van der Waals surface area contributed by atoms with Crippen LogP contribution in [0.3, 0.4) is 0 Å². The summed E-state index contributed by atoms with van der Waals surface area (Å²) >= 11 is 1.73. The van der Waals surface area contributed by atoms with Crippen LogP contribution in [0.4, 0.5) is 0 Å². The number of hydrogen-bond donors (Lipinski definition) is 2. The average molecular weight is 334 g/mol. The summed E-state index contributed by atoms with van der Waals surface area (Å²) in [7, 11) is 0. The van der Waals surface area contributed by atoms with Gasteiger partial charge in [-0.1, -0.05) is 12.8 Å². The Labute approximate surface area is 141 Å². The first-order valence-corrected chi connectivity index (χ1v) is 10.0. The summed E-state index contributed by atoms with van der Waals surface area (Å²) in [6, 6.07) is 0. The fourth-order valence-electron chi connectivity index (χ4n) is 3.93. The molecule has 2 saturated carbocycles. The lowest BCUT2D eigenvalue weighted by molar-refractivity contribution is 0.0643. The molecule has 2 heterocycles. The largest absolute Gasteiger partial charge is 0.393 e. The molecule has 2 unspecified atom stereocenters. The maximum atomic E-state index is 10.0. The third kappa shape index (κ3) is 3.47. The highest BCUT2D eigenvalue weighted by Gasteiger charge is 2.30. The summed E-state index contributed by atoms with van der Waals surface area (Å²) in [5.41, 5.74) is 2.69. The van der Waals surface area contributed by atoms with Crippen LogP contribution in [0.1, 0.15) is 68.7 Å². The highest BCUT2D eigenvalue weighted by atomic mass is 32.1. The molecular formula is C18H27N3OS. The lowest BCUT2D eigenvalue weighted by Gasteiger charge is -2.27. The van der Waals surface area contributed by atoms with Crippen LogP contribution in [0.25, 0.3) is 4.96 Å². The van der Waals surface area contributed by atoms with Crippen molar-refractivity contribution < 1.29 is 5.11 Å². The van der Waals surface area contributed by atoms with Crippen molar-refractivity contribution in [2.45, 2.75) is 69.9 Å². The lowest BCUT2D eigenvalue weighted by Crippen LogP contribution is -2.25. The van der Waals surface area contributed by atoms with Gasteiger partial charge in [-0.3, -0.25) is 4.40 Å². The SMILES string of the molecule is OC1CCCCC1CCCNCc1c(C2CC2)nc2sccn12. The van der Waals surface area contributed by atoms with E-state index in [0.29, 0.717) is 11.8 Å². The van der Waals surface area contributed by atoms with Crippen molar-refractivity contribution in [3.05, 3.63) is 23.0 Å². The molecule has 2 N–H and O–H groups in total. The van der Waals surface area contributed by atoms with Crippen LogP contribution in [-0.2, 0) is 6.54 Å². The molecule has 2 aliphatic carbocycles. The van der Waals surface area contributed by atoms with Gasteiger partial charge in [0.2, 0.25) is 0 Å². The third-order valence-electron chi connectivity index (χ3n) is 5.45. The third-order valence-corrected chi connectivity index (χ3v) is 6.20. The van der Waals surface area contributed by atoms with Crippen LogP contribution in [0.2, 0.25) is 0 Å². The van der Waals surface area contributed by atoms with E-state index in [1.165, 1.54) is 43.5 Å². The molecule has 0 aromatic carbocycles. The van der Waals surface area contributed by atoms with Crippen LogP contribution in [0.5, 0.6) is 0 Å². The Morgan fingerprint density at radius 3 is 2.96 bits per heavy atom. The predicted octanol–water partition coefficient (Wildman–Crippen LogP) is 3.69. The van der Waals surface area contributed by atoms with E-state index >= 15 is 0 Å². The molecule has 5 heteroatoms. The molecule has 2 aromatic heterocycles. The number of aliphatic hydroxyl groups excluding tert-OH is 1. The average Bonchev–Trinajstić information content (AvgIpc) is 3.20. The zero-order chi connectivity index (χ0) is 15.6. The van der Waals surface area contributed by atoms with Crippen molar-refractivity contribution in [1.29, 1.82) is 0 Å². The second kappa shape index (κ2) is 6.91. The van der Waals surface area contributed by atoms with Gasteiger partial charge in [0, 0.05) is 24.0 Å². The van der Waals surface area contributed by atoms with Gasteiger partial charge >= 0.3 is 0 Å². The Balaban J connectivity index is 1.28. The van der Waals surface area contributed by atoms with E-state index in [0.717, 1.165) is 37.3 Å². The van der Waals surface area contributed by atoms with E-state index in [4.69, 9.17) is 4.98 Å². The number of hydrogen-bond acceptors (Lipinski definition) is 4. The Hall–Kier alpha value is -0.910. The summed E-state index contributed by atoms with van der Waals surface area (Å²) in [4.78, 5) is 5.96. The van der Waals surface area contributed by atoms with Crippen LogP contribution < -0.4 is 5.32 Å². The molecular weight excluding hydrogens is 306 g/mol. The minimum Gasteiger partial charge on any atom is -0.393 e. The Morgan fingerprint density at radius 2 is 2.13 bits per heavy atom. The molecule has 0 saturated heterocycles. The first-order valence-electron chi connectivity index (χ1n) is 9.16. The summed E-state index contributed by atoms with van der Waals surface area (Å²) in [5, 5.41) is 15.8. The fourth-order valence-corrected chi connectivity index (χ4v) is 4.67. The van der Waals surface area contributed by atoms with Crippen molar-refractivity contribution in [3.8, 4) is 0 Å². The van der Waals surface area contributed by atoms with E-state index in [1.807, 2.05) is 0 Å². The smallest absolute Gasteiger partial charge is 0.194 e. The summed E-state index contributed by atoms with van der Waals surface area (Å²) in [6.07, 6.45) is 11.7. The molecule has 0 amide bonds. The maximum Gasteiger partial charge on any atom is 0.194 e. The Bertz CT molecular complexity index is 646. The number of fused-ring (bicyclic) bond motifs is 1. The van der Waals surface area contributed by atoms with E-state index in [2.05, 4.69) is 21.3 Å². The van der Waals surface area contributed by atoms with Gasteiger partial charge in [-0.05, 0) is 51.0 Å². The number of nitrogens with zero attached hydrogens (tertiary/aromatic N) is 2. The number of aromatic nitrogens is 2. The van der Waals surface area contributed by atoms with Gasteiger partial charge in [-0.25, -0.2) is 4.98 Å². The number of thiazole rings is 1. The molecule has 0 bridgehead atoms. The number of rotatable bonds is 7. The quantitative estimate of drug-likeness (QED) is 0.760. The standard InChI is InChI=1S/C18H27N3OS/c22-16-6-2-1-4-13(16)5-3-9-19-12-15-17(14-7-8-14)20-18-21(15)10-11-23-18/h10-11,13-14,16,19,22H,1-9,12H2. The van der Waals surface area contributed by atoms with Crippen LogP contribution in [0.15, 0.2) is 11.6 Å². The topological polar surface area (TPSA) is 49.6 Å². The van der Waals surface area contributed by atoms with Crippen molar-refractivity contribution >= 4 is 16.3 Å². The molecule has 4 rings (SSSR count). The molecule has 2 fully saturated rings. The summed E-state index contributed by atoms with van der Waals surface area (Å²) in [6.45, 7) is 1.95. The lowest BCUT2D eigenvalue weighted by atomic mass is 9.83. The Morgan fingerprint density at radius 1 is 1.26 bits per heavy atom. The number of imidazole rings is 1. The van der Waals surface area contributed by atoms with E-state index in [-0.39, 0.29) is 6.10 Å². The van der Waals surface area contributed by atoms with Crippen molar-refractivity contribution in [2.75, 3.05) is 6.54 Å². The molecule has 126 valence electrons. The highest BCUT2D eigenvalue weighted by molar-refractivity contribution is 7.15. The van der Waals surface area contributed by atoms with Crippen molar-refractivity contribution in [3.63, 3.8) is 0 Å². The number of aliphatic hydroxyl groups is 1. The zero-order valence-corrected chi connectivity index (χ0v) is 14.5. The second-order valence-electron chi connectivity index (χ2n) is 7.20. The monoisotopic (exact) mass is 333 g/mol. The molecule has 0 radical (unpaired) electrons. The van der Waals surface area contributed by atoms with Crippen molar-refractivity contribution in [2.24, 2.45) is 5.92 Å². The van der Waals surface area contributed by atoms with Gasteiger partial charge in [0.15, 0.2) is 4.96 Å². The minimum atomic E-state index is -0.0505. The van der Waals surface area contributed by atoms with E-state index in [9.17, 15) is 5.11 Å². The minimum absolute atomic E-state index is 0.0505. The summed E-state index contributed by atoms with van der Waals surface area (Å²) < 4.78 is 2.26. The van der Waals surface area contributed by atoms with Gasteiger partial charge in [-0.15, -0.1) is 11.3 Å². The first-order chi connectivity index (χ1) is 11.3. The molecule has 2 atom stereocenters. The maximum absolute atomic E-state index is 10.0. The zero-order valence-electron chi connectivity index (χ0n) is 13.7. The molecule has 0 spiro atoms. The van der Waals surface area contributed by atoms with Crippen molar-refractivity contribution in [1.82, 2.24) is 14.7 Å².